The lowest BCUT2D eigenvalue weighted by Gasteiger charge is -2.35. The molecule has 1 aliphatic heterocycles. The van der Waals surface area contributed by atoms with Crippen LogP contribution in [0.5, 0.6) is 0 Å². The number of aromatic nitrogens is 2. The van der Waals surface area contributed by atoms with Gasteiger partial charge < -0.3 is 4.90 Å². The van der Waals surface area contributed by atoms with E-state index in [0.717, 1.165) is 19.6 Å². The van der Waals surface area contributed by atoms with Gasteiger partial charge in [0, 0.05) is 32.7 Å². The van der Waals surface area contributed by atoms with Crippen LogP contribution in [-0.2, 0) is 0 Å². The second-order valence-corrected chi connectivity index (χ2v) is 5.63. The Balaban J connectivity index is 2.11. The van der Waals surface area contributed by atoms with E-state index in [4.69, 9.17) is 11.6 Å². The van der Waals surface area contributed by atoms with Crippen molar-refractivity contribution >= 4 is 23.1 Å². The van der Waals surface area contributed by atoms with E-state index >= 15 is 0 Å². The van der Waals surface area contributed by atoms with Crippen LogP contribution in [0.3, 0.4) is 0 Å². The lowest BCUT2D eigenvalue weighted by molar-refractivity contribution is -0.384. The van der Waals surface area contributed by atoms with Gasteiger partial charge in [-0.1, -0.05) is 25.4 Å². The summed E-state index contributed by atoms with van der Waals surface area (Å²) in [6.45, 7) is 8.57. The maximum Gasteiger partial charge on any atom is 0.348 e. The third-order valence-electron chi connectivity index (χ3n) is 3.24. The van der Waals surface area contributed by atoms with Crippen LogP contribution in [0.15, 0.2) is 6.33 Å². The molecule has 8 heteroatoms. The SMILES string of the molecule is CC(C)CN1CCN(c2ncnc(Cl)c2[N+](=O)[O-])CC1. The highest BCUT2D eigenvalue weighted by atomic mass is 35.5. The van der Waals surface area contributed by atoms with Crippen LogP contribution >= 0.6 is 11.6 Å². The Morgan fingerprint density at radius 2 is 2.00 bits per heavy atom. The highest BCUT2D eigenvalue weighted by molar-refractivity contribution is 6.31. The average Bonchev–Trinajstić information content (AvgIpc) is 2.38. The molecule has 1 aromatic heterocycles. The Hall–Kier alpha value is -1.47. The van der Waals surface area contributed by atoms with Gasteiger partial charge in [-0.2, -0.15) is 0 Å². The molecule has 20 heavy (non-hydrogen) atoms. The van der Waals surface area contributed by atoms with E-state index in [-0.39, 0.29) is 10.8 Å². The van der Waals surface area contributed by atoms with Gasteiger partial charge in [-0.05, 0) is 5.92 Å². The lowest BCUT2D eigenvalue weighted by atomic mass is 10.2. The molecule has 0 spiro atoms. The lowest BCUT2D eigenvalue weighted by Crippen LogP contribution is -2.47. The molecule has 1 aliphatic rings. The van der Waals surface area contributed by atoms with Gasteiger partial charge in [0.2, 0.25) is 11.0 Å². The first-order valence-electron chi connectivity index (χ1n) is 6.61. The predicted molar refractivity (Wildman–Crippen MR) is 77.2 cm³/mol. The normalized spacial score (nSPS) is 16.7. The highest BCUT2D eigenvalue weighted by Crippen LogP contribution is 2.31. The topological polar surface area (TPSA) is 75.4 Å². The number of rotatable bonds is 4. The van der Waals surface area contributed by atoms with Crippen LogP contribution in [0.25, 0.3) is 0 Å². The molecule has 2 rings (SSSR count). The molecule has 2 heterocycles. The Morgan fingerprint density at radius 3 is 2.55 bits per heavy atom. The second-order valence-electron chi connectivity index (χ2n) is 5.28. The van der Waals surface area contributed by atoms with E-state index in [1.54, 1.807) is 0 Å². The molecule has 0 aromatic carbocycles. The van der Waals surface area contributed by atoms with Gasteiger partial charge in [0.15, 0.2) is 0 Å². The molecule has 0 bridgehead atoms. The monoisotopic (exact) mass is 299 g/mol. The largest absolute Gasteiger partial charge is 0.348 e. The van der Waals surface area contributed by atoms with Crippen molar-refractivity contribution in [3.05, 3.63) is 21.6 Å². The summed E-state index contributed by atoms with van der Waals surface area (Å²) >= 11 is 5.81. The minimum Gasteiger partial charge on any atom is -0.348 e. The first kappa shape index (κ1) is 14.9. The van der Waals surface area contributed by atoms with Crippen molar-refractivity contribution in [2.75, 3.05) is 37.6 Å². The van der Waals surface area contributed by atoms with Crippen LogP contribution in [0, 0.1) is 16.0 Å². The smallest absolute Gasteiger partial charge is 0.348 e. The molecule has 7 nitrogen and oxygen atoms in total. The minimum absolute atomic E-state index is 0.107. The molecule has 0 aliphatic carbocycles. The molecule has 0 amide bonds. The minimum atomic E-state index is -0.516. The molecule has 1 saturated heterocycles. The first-order chi connectivity index (χ1) is 9.49. The highest BCUT2D eigenvalue weighted by Gasteiger charge is 2.28. The van der Waals surface area contributed by atoms with Crippen molar-refractivity contribution in [1.82, 2.24) is 14.9 Å². The summed E-state index contributed by atoms with van der Waals surface area (Å²) < 4.78 is 0. The fourth-order valence-corrected chi connectivity index (χ4v) is 2.59. The fraction of sp³-hybridized carbons (Fsp3) is 0.667. The van der Waals surface area contributed by atoms with Crippen molar-refractivity contribution in [1.29, 1.82) is 0 Å². The first-order valence-corrected chi connectivity index (χ1v) is 6.99. The average molecular weight is 300 g/mol. The molecule has 0 unspecified atom stereocenters. The van der Waals surface area contributed by atoms with Gasteiger partial charge >= 0.3 is 5.69 Å². The van der Waals surface area contributed by atoms with Crippen LogP contribution in [0.1, 0.15) is 13.8 Å². The van der Waals surface area contributed by atoms with Gasteiger partial charge in [-0.15, -0.1) is 0 Å². The second kappa shape index (κ2) is 6.32. The van der Waals surface area contributed by atoms with E-state index in [1.807, 2.05) is 4.90 Å². The molecule has 0 atom stereocenters. The van der Waals surface area contributed by atoms with Crippen LogP contribution in [0.2, 0.25) is 5.15 Å². The van der Waals surface area contributed by atoms with E-state index in [9.17, 15) is 10.1 Å². The predicted octanol–water partition coefficient (Wildman–Crippen LogP) is 1.82. The number of nitro groups is 1. The van der Waals surface area contributed by atoms with E-state index in [2.05, 4.69) is 28.7 Å². The molecule has 110 valence electrons. The van der Waals surface area contributed by atoms with Gasteiger partial charge in [0.05, 0.1) is 4.92 Å². The van der Waals surface area contributed by atoms with Crippen LogP contribution in [0.4, 0.5) is 11.5 Å². The van der Waals surface area contributed by atoms with E-state index < -0.39 is 4.92 Å². The summed E-state index contributed by atoms with van der Waals surface area (Å²) in [4.78, 5) is 22.6. The maximum atomic E-state index is 11.1. The van der Waals surface area contributed by atoms with Gasteiger partial charge in [-0.3, -0.25) is 15.0 Å². The number of hydrogen-bond acceptors (Lipinski definition) is 6. The Morgan fingerprint density at radius 1 is 1.35 bits per heavy atom. The van der Waals surface area contributed by atoms with Crippen molar-refractivity contribution in [2.24, 2.45) is 5.92 Å². The quantitative estimate of drug-likeness (QED) is 0.479. The van der Waals surface area contributed by atoms with Gasteiger partial charge in [-0.25, -0.2) is 9.97 Å². The summed E-state index contributed by atoms with van der Waals surface area (Å²) in [6.07, 6.45) is 1.27. The fourth-order valence-electron chi connectivity index (χ4n) is 2.40. The molecular formula is C12H18ClN5O2. The standard InChI is InChI=1S/C12H18ClN5O2/c1-9(2)7-16-3-5-17(6-4-16)12-10(18(19)20)11(13)14-8-15-12/h8-9H,3-7H2,1-2H3. The van der Waals surface area contributed by atoms with Crippen molar-refractivity contribution in [2.45, 2.75) is 13.8 Å². The van der Waals surface area contributed by atoms with Crippen LogP contribution in [-0.4, -0.2) is 52.5 Å². The van der Waals surface area contributed by atoms with E-state index in [0.29, 0.717) is 24.8 Å². The molecule has 0 saturated carbocycles. The summed E-state index contributed by atoms with van der Waals surface area (Å²) in [6, 6.07) is 0. The third-order valence-corrected chi connectivity index (χ3v) is 3.51. The zero-order chi connectivity index (χ0) is 14.7. The Bertz CT molecular complexity index is 489. The number of halogens is 1. The summed E-state index contributed by atoms with van der Waals surface area (Å²) in [5.41, 5.74) is -0.202. The Kier molecular flexibility index (Phi) is 4.72. The molecule has 1 aromatic rings. The molecule has 0 radical (unpaired) electrons. The molecule has 0 N–H and O–H groups in total. The van der Waals surface area contributed by atoms with E-state index in [1.165, 1.54) is 6.33 Å². The van der Waals surface area contributed by atoms with Crippen molar-refractivity contribution in [3.63, 3.8) is 0 Å². The molecular weight excluding hydrogens is 282 g/mol. The van der Waals surface area contributed by atoms with Crippen molar-refractivity contribution < 1.29 is 4.92 Å². The number of nitrogens with zero attached hydrogens (tertiary/aromatic N) is 5. The Labute approximate surface area is 122 Å². The zero-order valence-corrected chi connectivity index (χ0v) is 12.4. The number of anilines is 1. The number of hydrogen-bond donors (Lipinski definition) is 0. The van der Waals surface area contributed by atoms with Gasteiger partial charge in [0.25, 0.3) is 0 Å². The summed E-state index contributed by atoms with van der Waals surface area (Å²) in [7, 11) is 0. The third kappa shape index (κ3) is 3.34. The van der Waals surface area contributed by atoms with Crippen LogP contribution < -0.4 is 4.90 Å². The maximum absolute atomic E-state index is 11.1. The number of piperazine rings is 1. The molecule has 1 fully saturated rings. The summed E-state index contributed by atoms with van der Waals surface area (Å²) in [5, 5.41) is 11.0. The summed E-state index contributed by atoms with van der Waals surface area (Å²) in [5.74, 6) is 0.934. The van der Waals surface area contributed by atoms with Crippen molar-refractivity contribution in [3.8, 4) is 0 Å². The van der Waals surface area contributed by atoms with Gasteiger partial charge in [0.1, 0.15) is 6.33 Å². The zero-order valence-electron chi connectivity index (χ0n) is 11.6.